The number of anilines is 1. The van der Waals surface area contributed by atoms with Crippen LogP contribution in [0.1, 0.15) is 55.8 Å². The first-order valence-electron chi connectivity index (χ1n) is 10.2. The van der Waals surface area contributed by atoms with Crippen LogP contribution in [0.15, 0.2) is 30.6 Å². The summed E-state index contributed by atoms with van der Waals surface area (Å²) in [6.45, 7) is 4.08. The maximum absolute atomic E-state index is 12.0. The molecule has 2 amide bonds. The summed E-state index contributed by atoms with van der Waals surface area (Å²) in [6, 6.07) is 6.35. The van der Waals surface area contributed by atoms with Gasteiger partial charge >= 0.3 is 0 Å². The van der Waals surface area contributed by atoms with E-state index in [-0.39, 0.29) is 17.9 Å². The van der Waals surface area contributed by atoms with Gasteiger partial charge in [-0.05, 0) is 59.6 Å². The fraction of sp³-hybridized carbons (Fsp3) is 0.435. The Bertz CT molecular complexity index is 937. The van der Waals surface area contributed by atoms with Crippen LogP contribution in [0, 0.1) is 5.92 Å². The van der Waals surface area contributed by atoms with Crippen LogP contribution < -0.4 is 10.2 Å². The molecule has 2 aliphatic rings. The highest BCUT2D eigenvalue weighted by Gasteiger charge is 2.30. The molecule has 2 aromatic rings. The van der Waals surface area contributed by atoms with Gasteiger partial charge in [-0.25, -0.2) is 0 Å². The molecule has 0 radical (unpaired) electrons. The number of nitrogens with one attached hydrogen (secondary N) is 1. The van der Waals surface area contributed by atoms with Crippen LogP contribution >= 0.6 is 0 Å². The Morgan fingerprint density at radius 3 is 2.86 bits per heavy atom. The second-order valence-corrected chi connectivity index (χ2v) is 7.97. The number of aryl methyl sites for hydroxylation is 1. The molecule has 0 unspecified atom stereocenters. The van der Waals surface area contributed by atoms with Crippen molar-refractivity contribution in [1.29, 1.82) is 0 Å². The molecule has 0 spiro atoms. The zero-order valence-corrected chi connectivity index (χ0v) is 16.8. The summed E-state index contributed by atoms with van der Waals surface area (Å²) in [5, 5.41) is 3.19. The van der Waals surface area contributed by atoms with Crippen LogP contribution in [-0.2, 0) is 22.4 Å². The first-order chi connectivity index (χ1) is 13.5. The number of benzene rings is 1. The fourth-order valence-corrected chi connectivity index (χ4v) is 4.46. The van der Waals surface area contributed by atoms with Gasteiger partial charge in [0.05, 0.1) is 6.04 Å². The van der Waals surface area contributed by atoms with E-state index in [2.05, 4.69) is 29.4 Å². The molecule has 5 nitrogen and oxygen atoms in total. The number of amides is 2. The van der Waals surface area contributed by atoms with Gasteiger partial charge in [0.15, 0.2) is 0 Å². The van der Waals surface area contributed by atoms with Gasteiger partial charge in [0.25, 0.3) is 0 Å². The Hall–Kier alpha value is -2.69. The van der Waals surface area contributed by atoms with Crippen molar-refractivity contribution in [2.45, 2.75) is 52.0 Å². The summed E-state index contributed by atoms with van der Waals surface area (Å²) >= 11 is 0. The number of fused-ring (bicyclic) bond motifs is 2. The van der Waals surface area contributed by atoms with Crippen LogP contribution in [0.2, 0.25) is 0 Å². The van der Waals surface area contributed by atoms with Gasteiger partial charge in [-0.15, -0.1) is 0 Å². The molecular formula is C23H27N3O2. The Morgan fingerprint density at radius 1 is 1.25 bits per heavy atom. The molecule has 1 N–H and O–H groups in total. The SMILES string of the molecule is CCC(=O)N[C@@H]1c2cncc(-c3ccc4c(c3)CCC(=O)N4C)c2CC[C@@H]1C. The van der Waals surface area contributed by atoms with Crippen molar-refractivity contribution in [3.63, 3.8) is 0 Å². The topological polar surface area (TPSA) is 62.3 Å². The Kier molecular flexibility index (Phi) is 4.92. The molecule has 2 heterocycles. The fourth-order valence-electron chi connectivity index (χ4n) is 4.46. The molecule has 4 rings (SSSR count). The number of pyridine rings is 1. The Morgan fingerprint density at radius 2 is 2.07 bits per heavy atom. The molecule has 1 aromatic carbocycles. The van der Waals surface area contributed by atoms with Crippen LogP contribution in [0.5, 0.6) is 0 Å². The first kappa shape index (κ1) is 18.7. The van der Waals surface area contributed by atoms with Gasteiger partial charge in [-0.3, -0.25) is 14.6 Å². The van der Waals surface area contributed by atoms with E-state index >= 15 is 0 Å². The lowest BCUT2D eigenvalue weighted by Crippen LogP contribution is -2.35. The van der Waals surface area contributed by atoms with Crippen molar-refractivity contribution in [3.05, 3.63) is 47.3 Å². The standard InChI is InChI=1S/C23H27N3O2/c1-4-21(27)25-23-14(2)5-8-17-18(12-24-13-19(17)23)15-6-9-20-16(11-15)7-10-22(28)26(20)3/h6,9,11-14,23H,4-5,7-8,10H2,1-3H3,(H,25,27)/t14-,23-/m0/s1. The zero-order valence-electron chi connectivity index (χ0n) is 16.8. The summed E-state index contributed by atoms with van der Waals surface area (Å²) < 4.78 is 0. The molecule has 146 valence electrons. The first-order valence-corrected chi connectivity index (χ1v) is 10.2. The van der Waals surface area contributed by atoms with Crippen molar-refractivity contribution in [1.82, 2.24) is 10.3 Å². The third-order valence-corrected chi connectivity index (χ3v) is 6.22. The number of aromatic nitrogens is 1. The molecule has 0 saturated carbocycles. The number of rotatable bonds is 3. The van der Waals surface area contributed by atoms with Crippen LogP contribution in [-0.4, -0.2) is 23.8 Å². The predicted molar refractivity (Wildman–Crippen MR) is 110 cm³/mol. The molecule has 0 saturated heterocycles. The third-order valence-electron chi connectivity index (χ3n) is 6.22. The lowest BCUT2D eigenvalue weighted by Gasteiger charge is -2.33. The quantitative estimate of drug-likeness (QED) is 0.885. The van der Waals surface area contributed by atoms with Gasteiger partial charge in [0.1, 0.15) is 0 Å². The van der Waals surface area contributed by atoms with Crippen molar-refractivity contribution in [2.75, 3.05) is 11.9 Å². The maximum Gasteiger partial charge on any atom is 0.227 e. The smallest absolute Gasteiger partial charge is 0.227 e. The summed E-state index contributed by atoms with van der Waals surface area (Å²) in [7, 11) is 1.84. The molecule has 5 heteroatoms. The number of hydrogen-bond donors (Lipinski definition) is 1. The van der Waals surface area contributed by atoms with Gasteiger partial charge in [0.2, 0.25) is 11.8 Å². The lowest BCUT2D eigenvalue weighted by atomic mass is 9.78. The number of carbonyl (C=O) groups excluding carboxylic acids is 2. The zero-order chi connectivity index (χ0) is 19.8. The van der Waals surface area contributed by atoms with Crippen LogP contribution in [0.25, 0.3) is 11.1 Å². The van der Waals surface area contributed by atoms with E-state index in [1.807, 2.05) is 32.4 Å². The van der Waals surface area contributed by atoms with Crippen molar-refractivity contribution in [3.8, 4) is 11.1 Å². The predicted octanol–water partition coefficient (Wildman–Crippen LogP) is 3.81. The molecule has 0 bridgehead atoms. The van der Waals surface area contributed by atoms with E-state index in [4.69, 9.17) is 0 Å². The van der Waals surface area contributed by atoms with Crippen molar-refractivity contribution >= 4 is 17.5 Å². The number of carbonyl (C=O) groups is 2. The van der Waals surface area contributed by atoms with E-state index in [9.17, 15) is 9.59 Å². The largest absolute Gasteiger partial charge is 0.349 e. The normalized spacial score (nSPS) is 21.1. The van der Waals surface area contributed by atoms with Gasteiger partial charge in [-0.2, -0.15) is 0 Å². The highest BCUT2D eigenvalue weighted by atomic mass is 16.2. The third kappa shape index (κ3) is 3.19. The second kappa shape index (κ2) is 7.38. The second-order valence-electron chi connectivity index (χ2n) is 7.97. The minimum Gasteiger partial charge on any atom is -0.349 e. The Balaban J connectivity index is 1.75. The highest BCUT2D eigenvalue weighted by Crippen LogP contribution is 2.40. The summed E-state index contributed by atoms with van der Waals surface area (Å²) in [6.07, 6.45) is 7.71. The van der Waals surface area contributed by atoms with Crippen LogP contribution in [0.3, 0.4) is 0 Å². The molecule has 1 aliphatic heterocycles. The average molecular weight is 377 g/mol. The van der Waals surface area contributed by atoms with Crippen molar-refractivity contribution < 1.29 is 9.59 Å². The Labute approximate surface area is 166 Å². The average Bonchev–Trinajstić information content (AvgIpc) is 2.72. The highest BCUT2D eigenvalue weighted by molar-refractivity contribution is 5.96. The minimum atomic E-state index is 0.0185. The van der Waals surface area contributed by atoms with E-state index in [0.29, 0.717) is 18.8 Å². The van der Waals surface area contributed by atoms with Crippen molar-refractivity contribution in [2.24, 2.45) is 5.92 Å². The molecule has 28 heavy (non-hydrogen) atoms. The molecule has 1 aliphatic carbocycles. The van der Waals surface area contributed by atoms with E-state index in [1.165, 1.54) is 11.1 Å². The number of nitrogens with zero attached hydrogens (tertiary/aromatic N) is 2. The van der Waals surface area contributed by atoms with Crippen LogP contribution in [0.4, 0.5) is 5.69 Å². The molecule has 2 atom stereocenters. The molecule has 1 aromatic heterocycles. The molecular weight excluding hydrogens is 350 g/mol. The maximum atomic E-state index is 12.0. The lowest BCUT2D eigenvalue weighted by molar-refractivity contribution is -0.122. The summed E-state index contributed by atoms with van der Waals surface area (Å²) in [4.78, 5) is 30.3. The minimum absolute atomic E-state index is 0.0185. The number of hydrogen-bond acceptors (Lipinski definition) is 3. The van der Waals surface area contributed by atoms with E-state index in [0.717, 1.165) is 41.6 Å². The summed E-state index contributed by atoms with van der Waals surface area (Å²) in [5.41, 5.74) is 6.91. The van der Waals surface area contributed by atoms with Gasteiger partial charge in [0, 0.05) is 43.5 Å². The monoisotopic (exact) mass is 377 g/mol. The van der Waals surface area contributed by atoms with Gasteiger partial charge < -0.3 is 10.2 Å². The van der Waals surface area contributed by atoms with E-state index < -0.39 is 0 Å². The summed E-state index contributed by atoms with van der Waals surface area (Å²) in [5.74, 6) is 0.641. The van der Waals surface area contributed by atoms with E-state index in [1.54, 1.807) is 4.90 Å². The molecule has 0 fully saturated rings. The van der Waals surface area contributed by atoms with Gasteiger partial charge in [-0.1, -0.05) is 19.9 Å².